The summed E-state index contributed by atoms with van der Waals surface area (Å²) in [4.78, 5) is 13.6. The first-order valence-electron chi connectivity index (χ1n) is 6.16. The fourth-order valence-corrected chi connectivity index (χ4v) is 3.31. The molecular weight excluding hydrogens is 214 g/mol. The Kier molecular flexibility index (Phi) is 2.26. The summed E-state index contributed by atoms with van der Waals surface area (Å²) in [6.07, 6.45) is 0.870. The summed E-state index contributed by atoms with van der Waals surface area (Å²) in [6.45, 7) is 3.86. The van der Waals surface area contributed by atoms with Gasteiger partial charge in [0.15, 0.2) is 0 Å². The number of carbonyl (C=O) groups is 1. The Labute approximate surface area is 101 Å². The van der Waals surface area contributed by atoms with E-state index in [-0.39, 0.29) is 6.04 Å². The average molecular weight is 231 g/mol. The largest absolute Gasteiger partial charge is 0.481 e. The van der Waals surface area contributed by atoms with Gasteiger partial charge < -0.3 is 5.11 Å². The second kappa shape index (κ2) is 3.57. The average Bonchev–Trinajstić information content (AvgIpc) is 2.98. The molecule has 1 N–H and O–H groups in total. The zero-order chi connectivity index (χ0) is 12.0. The van der Waals surface area contributed by atoms with E-state index in [0.717, 1.165) is 19.5 Å². The monoisotopic (exact) mass is 231 g/mol. The molecule has 3 heteroatoms. The van der Waals surface area contributed by atoms with Gasteiger partial charge in [-0.15, -0.1) is 0 Å². The molecule has 1 heterocycles. The first-order valence-corrected chi connectivity index (χ1v) is 6.16. The minimum Gasteiger partial charge on any atom is -0.481 e. The third-order valence-corrected chi connectivity index (χ3v) is 4.53. The van der Waals surface area contributed by atoms with Gasteiger partial charge in [0.2, 0.25) is 0 Å². The van der Waals surface area contributed by atoms with Crippen molar-refractivity contribution in [3.8, 4) is 0 Å². The van der Waals surface area contributed by atoms with Crippen LogP contribution in [-0.2, 0) is 11.3 Å². The Hall–Kier alpha value is -1.35. The summed E-state index contributed by atoms with van der Waals surface area (Å²) in [7, 11) is 0. The highest BCUT2D eigenvalue weighted by Crippen LogP contribution is 2.61. The molecule has 2 aliphatic rings. The molecule has 3 nitrogen and oxygen atoms in total. The number of hydrogen-bond acceptors (Lipinski definition) is 2. The first kappa shape index (κ1) is 10.8. The fourth-order valence-electron chi connectivity index (χ4n) is 3.31. The van der Waals surface area contributed by atoms with Gasteiger partial charge in [0.05, 0.1) is 5.41 Å². The van der Waals surface area contributed by atoms with Crippen LogP contribution in [0.15, 0.2) is 30.3 Å². The number of likely N-dealkylation sites (tertiary alicyclic amines) is 1. The lowest BCUT2D eigenvalue weighted by Gasteiger charge is -2.27. The van der Waals surface area contributed by atoms with Gasteiger partial charge in [0.1, 0.15) is 0 Å². The van der Waals surface area contributed by atoms with Crippen LogP contribution in [0.3, 0.4) is 0 Å². The van der Waals surface area contributed by atoms with Crippen LogP contribution < -0.4 is 0 Å². The van der Waals surface area contributed by atoms with Crippen molar-refractivity contribution in [1.29, 1.82) is 0 Å². The summed E-state index contributed by atoms with van der Waals surface area (Å²) in [5, 5.41) is 9.34. The first-order chi connectivity index (χ1) is 8.14. The van der Waals surface area contributed by atoms with Crippen molar-refractivity contribution in [2.24, 2.45) is 11.3 Å². The Morgan fingerprint density at radius 2 is 2.18 bits per heavy atom. The molecule has 0 unspecified atom stereocenters. The zero-order valence-electron chi connectivity index (χ0n) is 9.97. The molecule has 90 valence electrons. The van der Waals surface area contributed by atoms with Gasteiger partial charge in [-0.05, 0) is 24.8 Å². The van der Waals surface area contributed by atoms with Crippen molar-refractivity contribution < 1.29 is 9.90 Å². The molecule has 1 aromatic carbocycles. The van der Waals surface area contributed by atoms with Crippen LogP contribution >= 0.6 is 0 Å². The number of piperidine rings is 1. The van der Waals surface area contributed by atoms with Crippen LogP contribution in [-0.4, -0.2) is 28.6 Å². The summed E-state index contributed by atoms with van der Waals surface area (Å²) in [6, 6.07) is 10.4. The molecule has 0 amide bonds. The van der Waals surface area contributed by atoms with Gasteiger partial charge in [-0.25, -0.2) is 0 Å². The van der Waals surface area contributed by atoms with Gasteiger partial charge in [0.25, 0.3) is 0 Å². The number of carboxylic acids is 1. The van der Waals surface area contributed by atoms with E-state index in [4.69, 9.17) is 0 Å². The SMILES string of the molecule is C[C@@H]1N(Cc2ccccc2)C[C@H]2C[C@]21C(=O)O. The lowest BCUT2D eigenvalue weighted by Crippen LogP contribution is -2.37. The number of nitrogens with zero attached hydrogens (tertiary/aromatic N) is 1. The van der Waals surface area contributed by atoms with E-state index in [1.165, 1.54) is 5.56 Å². The molecule has 1 aliphatic carbocycles. The quantitative estimate of drug-likeness (QED) is 0.864. The Morgan fingerprint density at radius 1 is 1.47 bits per heavy atom. The molecule has 3 atom stereocenters. The summed E-state index contributed by atoms with van der Waals surface area (Å²) < 4.78 is 0. The summed E-state index contributed by atoms with van der Waals surface area (Å²) in [5.74, 6) is -0.232. The maximum Gasteiger partial charge on any atom is 0.311 e. The molecule has 2 fully saturated rings. The third kappa shape index (κ3) is 1.49. The molecule has 0 radical (unpaired) electrons. The number of aliphatic carboxylic acids is 1. The molecule has 0 aromatic heterocycles. The van der Waals surface area contributed by atoms with E-state index in [9.17, 15) is 9.90 Å². The molecule has 1 aromatic rings. The van der Waals surface area contributed by atoms with E-state index in [1.54, 1.807) is 0 Å². The minimum absolute atomic E-state index is 0.158. The minimum atomic E-state index is -0.606. The predicted octanol–water partition coefficient (Wildman–Crippen LogP) is 1.98. The molecule has 1 aliphatic heterocycles. The van der Waals surface area contributed by atoms with Crippen molar-refractivity contribution in [2.75, 3.05) is 6.54 Å². The second-order valence-corrected chi connectivity index (χ2v) is 5.34. The fraction of sp³-hybridized carbons (Fsp3) is 0.500. The van der Waals surface area contributed by atoms with Gasteiger partial charge >= 0.3 is 5.97 Å². The smallest absolute Gasteiger partial charge is 0.311 e. The van der Waals surface area contributed by atoms with Crippen LogP contribution in [0.1, 0.15) is 18.9 Å². The molecule has 1 saturated carbocycles. The molecule has 3 rings (SSSR count). The highest BCUT2D eigenvalue weighted by molar-refractivity contribution is 5.80. The Morgan fingerprint density at radius 3 is 2.76 bits per heavy atom. The van der Waals surface area contributed by atoms with E-state index in [2.05, 4.69) is 24.0 Å². The van der Waals surface area contributed by atoms with E-state index in [0.29, 0.717) is 5.92 Å². The van der Waals surface area contributed by atoms with Crippen LogP contribution in [0.25, 0.3) is 0 Å². The molecule has 0 spiro atoms. The topological polar surface area (TPSA) is 40.5 Å². The normalized spacial score (nSPS) is 35.6. The molecule has 17 heavy (non-hydrogen) atoms. The number of fused-ring (bicyclic) bond motifs is 1. The van der Waals surface area contributed by atoms with E-state index < -0.39 is 11.4 Å². The van der Waals surface area contributed by atoms with E-state index >= 15 is 0 Å². The zero-order valence-corrected chi connectivity index (χ0v) is 9.97. The lowest BCUT2D eigenvalue weighted by molar-refractivity contribution is -0.145. The number of rotatable bonds is 3. The number of hydrogen-bond donors (Lipinski definition) is 1. The van der Waals surface area contributed by atoms with Crippen molar-refractivity contribution in [2.45, 2.75) is 25.9 Å². The number of benzene rings is 1. The van der Waals surface area contributed by atoms with Crippen molar-refractivity contribution in [1.82, 2.24) is 4.90 Å². The van der Waals surface area contributed by atoms with Crippen LogP contribution in [0.5, 0.6) is 0 Å². The molecule has 0 bridgehead atoms. The van der Waals surface area contributed by atoms with Gasteiger partial charge in [-0.1, -0.05) is 30.3 Å². The Bertz CT molecular complexity index is 445. The van der Waals surface area contributed by atoms with Crippen molar-refractivity contribution >= 4 is 5.97 Å². The predicted molar refractivity (Wildman–Crippen MR) is 64.5 cm³/mol. The lowest BCUT2D eigenvalue weighted by atomic mass is 9.98. The van der Waals surface area contributed by atoms with Gasteiger partial charge in [-0.3, -0.25) is 9.69 Å². The highest BCUT2D eigenvalue weighted by atomic mass is 16.4. The standard InChI is InChI=1S/C14H17NO2/c1-10-14(13(16)17)7-12(14)9-15(10)8-11-5-3-2-4-6-11/h2-6,10,12H,7-9H2,1H3,(H,16,17)/t10-,12+,14+/m0/s1. The second-order valence-electron chi connectivity index (χ2n) is 5.34. The van der Waals surface area contributed by atoms with E-state index in [1.807, 2.05) is 18.2 Å². The summed E-state index contributed by atoms with van der Waals surface area (Å²) in [5.41, 5.74) is 0.829. The Balaban J connectivity index is 1.74. The maximum atomic E-state index is 11.3. The van der Waals surface area contributed by atoms with Crippen molar-refractivity contribution in [3.63, 3.8) is 0 Å². The highest BCUT2D eigenvalue weighted by Gasteiger charge is 2.69. The number of carboxylic acid groups (broad SMARTS) is 1. The van der Waals surface area contributed by atoms with Crippen LogP contribution in [0.4, 0.5) is 0 Å². The molecule has 1 saturated heterocycles. The van der Waals surface area contributed by atoms with Crippen LogP contribution in [0.2, 0.25) is 0 Å². The maximum absolute atomic E-state index is 11.3. The van der Waals surface area contributed by atoms with Crippen molar-refractivity contribution in [3.05, 3.63) is 35.9 Å². The van der Waals surface area contributed by atoms with Gasteiger partial charge in [-0.2, -0.15) is 0 Å². The molecular formula is C14H17NO2. The van der Waals surface area contributed by atoms with Gasteiger partial charge in [0, 0.05) is 19.1 Å². The summed E-state index contributed by atoms with van der Waals surface area (Å²) >= 11 is 0. The van der Waals surface area contributed by atoms with Crippen LogP contribution in [0, 0.1) is 11.3 Å². The third-order valence-electron chi connectivity index (χ3n) is 4.53.